The van der Waals surface area contributed by atoms with Crippen molar-refractivity contribution in [1.82, 2.24) is 0 Å². The van der Waals surface area contributed by atoms with Crippen LogP contribution in [0.2, 0.25) is 0 Å². The summed E-state index contributed by atoms with van der Waals surface area (Å²) in [7, 11) is 0. The number of thioether (sulfide) groups is 1. The van der Waals surface area contributed by atoms with Crippen LogP contribution in [0.5, 0.6) is 5.75 Å². The minimum Gasteiger partial charge on any atom is -0.434 e. The van der Waals surface area contributed by atoms with Gasteiger partial charge in [-0.2, -0.15) is 8.78 Å². The highest BCUT2D eigenvalue weighted by molar-refractivity contribution is 7.98. The second kappa shape index (κ2) is 5.84. The molecule has 0 spiro atoms. The van der Waals surface area contributed by atoms with Crippen molar-refractivity contribution in [3.63, 3.8) is 0 Å². The van der Waals surface area contributed by atoms with Gasteiger partial charge in [-0.3, -0.25) is 4.79 Å². The number of ether oxygens (including phenoxy) is 1. The van der Waals surface area contributed by atoms with E-state index in [4.69, 9.17) is 0 Å². The van der Waals surface area contributed by atoms with Crippen LogP contribution < -0.4 is 4.74 Å². The SMILES string of the molecule is CCC(=O)c1cccc(OC(F)F)c1SC. The van der Waals surface area contributed by atoms with Gasteiger partial charge < -0.3 is 4.74 Å². The van der Waals surface area contributed by atoms with E-state index in [1.165, 1.54) is 17.8 Å². The molecule has 88 valence electrons. The normalized spacial score (nSPS) is 10.6. The number of Topliss-reactive ketones (excluding diaryl/α,β-unsaturated/α-hetero) is 1. The molecule has 0 bridgehead atoms. The van der Waals surface area contributed by atoms with Crippen molar-refractivity contribution in [1.29, 1.82) is 0 Å². The van der Waals surface area contributed by atoms with Gasteiger partial charge in [0.25, 0.3) is 0 Å². The van der Waals surface area contributed by atoms with Crippen LogP contribution in [0.3, 0.4) is 0 Å². The molecule has 0 N–H and O–H groups in total. The van der Waals surface area contributed by atoms with Gasteiger partial charge in [-0.05, 0) is 12.3 Å². The van der Waals surface area contributed by atoms with Crippen molar-refractivity contribution in [2.75, 3.05) is 6.26 Å². The number of halogens is 2. The molecule has 0 unspecified atom stereocenters. The predicted octanol–water partition coefficient (Wildman–Crippen LogP) is 3.60. The molecule has 0 saturated heterocycles. The molecule has 16 heavy (non-hydrogen) atoms. The zero-order valence-electron chi connectivity index (χ0n) is 9.00. The molecule has 0 fully saturated rings. The van der Waals surface area contributed by atoms with Gasteiger partial charge in [0.05, 0.1) is 4.90 Å². The van der Waals surface area contributed by atoms with E-state index in [1.54, 1.807) is 25.3 Å². The van der Waals surface area contributed by atoms with Gasteiger partial charge in [-0.15, -0.1) is 11.8 Å². The zero-order valence-corrected chi connectivity index (χ0v) is 9.81. The number of alkyl halides is 2. The van der Waals surface area contributed by atoms with Crippen LogP contribution in [0.4, 0.5) is 8.78 Å². The fourth-order valence-electron chi connectivity index (χ4n) is 1.33. The first-order chi connectivity index (χ1) is 7.60. The van der Waals surface area contributed by atoms with Crippen LogP contribution in [0, 0.1) is 0 Å². The Balaban J connectivity index is 3.15. The Bertz CT molecular complexity index is 380. The van der Waals surface area contributed by atoms with E-state index < -0.39 is 6.61 Å². The van der Waals surface area contributed by atoms with E-state index in [0.29, 0.717) is 16.9 Å². The van der Waals surface area contributed by atoms with E-state index in [-0.39, 0.29) is 11.5 Å². The average molecular weight is 246 g/mol. The molecule has 1 aromatic carbocycles. The van der Waals surface area contributed by atoms with Gasteiger partial charge in [0, 0.05) is 12.0 Å². The Labute approximate surface area is 97.0 Å². The zero-order chi connectivity index (χ0) is 12.1. The maximum absolute atomic E-state index is 12.1. The van der Waals surface area contributed by atoms with Gasteiger partial charge in [-0.25, -0.2) is 0 Å². The molecule has 1 rings (SSSR count). The van der Waals surface area contributed by atoms with Crippen LogP contribution in [0.25, 0.3) is 0 Å². The second-order valence-electron chi connectivity index (χ2n) is 2.99. The number of benzene rings is 1. The van der Waals surface area contributed by atoms with Crippen LogP contribution in [0.15, 0.2) is 23.1 Å². The number of carbonyl (C=O) groups is 1. The third-order valence-electron chi connectivity index (χ3n) is 2.02. The first-order valence-electron chi connectivity index (χ1n) is 4.75. The maximum atomic E-state index is 12.1. The van der Waals surface area contributed by atoms with Gasteiger partial charge in [0.1, 0.15) is 5.75 Å². The lowest BCUT2D eigenvalue weighted by Gasteiger charge is -2.12. The third kappa shape index (κ3) is 2.95. The highest BCUT2D eigenvalue weighted by atomic mass is 32.2. The van der Waals surface area contributed by atoms with Gasteiger partial charge >= 0.3 is 6.61 Å². The number of ketones is 1. The summed E-state index contributed by atoms with van der Waals surface area (Å²) < 4.78 is 28.6. The summed E-state index contributed by atoms with van der Waals surface area (Å²) >= 11 is 1.23. The quantitative estimate of drug-likeness (QED) is 0.586. The van der Waals surface area contributed by atoms with Crippen LogP contribution in [-0.4, -0.2) is 18.7 Å². The highest BCUT2D eigenvalue weighted by Gasteiger charge is 2.16. The van der Waals surface area contributed by atoms with Gasteiger partial charge in [0.2, 0.25) is 0 Å². The van der Waals surface area contributed by atoms with E-state index in [1.807, 2.05) is 0 Å². The third-order valence-corrected chi connectivity index (χ3v) is 2.85. The largest absolute Gasteiger partial charge is 0.434 e. The topological polar surface area (TPSA) is 26.3 Å². The van der Waals surface area contributed by atoms with E-state index >= 15 is 0 Å². The molecule has 0 aliphatic carbocycles. The lowest BCUT2D eigenvalue weighted by molar-refractivity contribution is -0.0517. The first kappa shape index (κ1) is 13.0. The van der Waals surface area contributed by atoms with Crippen LogP contribution >= 0.6 is 11.8 Å². The molecule has 0 aliphatic rings. The van der Waals surface area contributed by atoms with E-state index in [2.05, 4.69) is 4.74 Å². The molecule has 0 amide bonds. The van der Waals surface area contributed by atoms with Gasteiger partial charge in [0.15, 0.2) is 5.78 Å². The van der Waals surface area contributed by atoms with Crippen molar-refractivity contribution < 1.29 is 18.3 Å². The Morgan fingerprint density at radius 1 is 1.50 bits per heavy atom. The smallest absolute Gasteiger partial charge is 0.387 e. The maximum Gasteiger partial charge on any atom is 0.387 e. The Morgan fingerprint density at radius 2 is 2.19 bits per heavy atom. The first-order valence-corrected chi connectivity index (χ1v) is 5.97. The second-order valence-corrected chi connectivity index (χ2v) is 3.81. The van der Waals surface area contributed by atoms with Crippen molar-refractivity contribution >= 4 is 17.5 Å². The molecule has 0 aromatic heterocycles. The number of hydrogen-bond acceptors (Lipinski definition) is 3. The average Bonchev–Trinajstić information content (AvgIpc) is 2.27. The lowest BCUT2D eigenvalue weighted by Crippen LogP contribution is -2.06. The summed E-state index contributed by atoms with van der Waals surface area (Å²) in [6.45, 7) is -1.15. The fourth-order valence-corrected chi connectivity index (χ4v) is 2.04. The Kier molecular flexibility index (Phi) is 4.73. The minimum absolute atomic E-state index is 0.0572. The Hall–Kier alpha value is -1.10. The monoisotopic (exact) mass is 246 g/mol. The molecular formula is C11H12F2O2S. The van der Waals surface area contributed by atoms with Crippen molar-refractivity contribution in [2.45, 2.75) is 24.9 Å². The molecule has 0 saturated carbocycles. The highest BCUT2D eigenvalue weighted by Crippen LogP contribution is 2.32. The van der Waals surface area contributed by atoms with Crippen LogP contribution in [-0.2, 0) is 0 Å². The molecule has 0 aliphatic heterocycles. The summed E-state index contributed by atoms with van der Waals surface area (Å²) in [5.41, 5.74) is 0.438. The van der Waals surface area contributed by atoms with E-state index in [9.17, 15) is 13.6 Å². The summed E-state index contributed by atoms with van der Waals surface area (Å²) in [5.74, 6) is -0.0223. The fraction of sp³-hybridized carbons (Fsp3) is 0.364. The molecular weight excluding hydrogens is 234 g/mol. The van der Waals surface area contributed by atoms with Crippen LogP contribution in [0.1, 0.15) is 23.7 Å². The van der Waals surface area contributed by atoms with Gasteiger partial charge in [-0.1, -0.05) is 19.1 Å². The summed E-state index contributed by atoms with van der Waals surface area (Å²) in [6.07, 6.45) is 2.06. The Morgan fingerprint density at radius 3 is 2.69 bits per heavy atom. The molecule has 0 radical (unpaired) electrons. The molecule has 0 heterocycles. The standard InChI is InChI=1S/C11H12F2O2S/c1-3-8(14)7-5-4-6-9(10(7)16-2)15-11(12)13/h4-6,11H,3H2,1-2H3. The molecule has 1 aromatic rings. The molecule has 5 heteroatoms. The number of rotatable bonds is 5. The van der Waals surface area contributed by atoms with Crippen molar-refractivity contribution in [2.24, 2.45) is 0 Å². The minimum atomic E-state index is -2.88. The number of carbonyl (C=O) groups excluding carboxylic acids is 1. The lowest BCUT2D eigenvalue weighted by atomic mass is 10.1. The summed E-state index contributed by atoms with van der Waals surface area (Å²) in [5, 5.41) is 0. The van der Waals surface area contributed by atoms with Crippen molar-refractivity contribution in [3.8, 4) is 5.75 Å². The molecule has 0 atom stereocenters. The molecule has 2 nitrogen and oxygen atoms in total. The van der Waals surface area contributed by atoms with Crippen molar-refractivity contribution in [3.05, 3.63) is 23.8 Å². The predicted molar refractivity (Wildman–Crippen MR) is 59.5 cm³/mol. The number of hydrogen-bond donors (Lipinski definition) is 0. The summed E-state index contributed by atoms with van der Waals surface area (Å²) in [4.78, 5) is 12.0. The van der Waals surface area contributed by atoms with E-state index in [0.717, 1.165) is 0 Å². The summed E-state index contributed by atoms with van der Waals surface area (Å²) in [6, 6.07) is 4.60.